The topological polar surface area (TPSA) is 97.4 Å². The lowest BCUT2D eigenvalue weighted by atomic mass is 10.1. The smallest absolute Gasteiger partial charge is 0.159 e. The minimum atomic E-state index is -0.197. The Kier molecular flexibility index (Phi) is 8.57. The van der Waals surface area contributed by atoms with Crippen LogP contribution in [0.1, 0.15) is 24.8 Å². The van der Waals surface area contributed by atoms with Gasteiger partial charge in [0.25, 0.3) is 0 Å². The third-order valence-corrected chi connectivity index (χ3v) is 9.07. The molecule has 0 amide bonds. The number of aryl methyl sites for hydroxylation is 1. The van der Waals surface area contributed by atoms with E-state index in [0.29, 0.717) is 5.02 Å². The van der Waals surface area contributed by atoms with Crippen molar-refractivity contribution in [3.63, 3.8) is 0 Å². The molecule has 2 aliphatic rings. The molecule has 236 valence electrons. The average Bonchev–Trinajstić information content (AvgIpc) is 3.82. The molecule has 0 aliphatic carbocycles. The number of hydrogen-bond donors (Lipinski definition) is 1. The highest BCUT2D eigenvalue weighted by molar-refractivity contribution is 6.30. The second-order valence-electron chi connectivity index (χ2n) is 11.9. The van der Waals surface area contributed by atoms with Crippen molar-refractivity contribution in [2.75, 3.05) is 43.1 Å². The van der Waals surface area contributed by atoms with Gasteiger partial charge in [0, 0.05) is 61.5 Å². The summed E-state index contributed by atoms with van der Waals surface area (Å²) in [5.41, 5.74) is 5.26. The summed E-state index contributed by atoms with van der Waals surface area (Å²) in [4.78, 5) is 13.1. The molecule has 1 unspecified atom stereocenters. The summed E-state index contributed by atoms with van der Waals surface area (Å²) in [6, 6.07) is 20.1. The van der Waals surface area contributed by atoms with Crippen LogP contribution in [0.2, 0.25) is 5.02 Å². The molecule has 2 aromatic carbocycles. The minimum absolute atomic E-state index is 0.197. The number of piperidine rings is 1. The number of ether oxygens (including phenoxy) is 1. The van der Waals surface area contributed by atoms with Crippen LogP contribution in [0.15, 0.2) is 85.5 Å². The maximum absolute atomic E-state index is 9.72. The lowest BCUT2D eigenvalue weighted by Gasteiger charge is -2.29. The highest BCUT2D eigenvalue weighted by Gasteiger charge is 2.27. The van der Waals surface area contributed by atoms with Gasteiger partial charge in [0.2, 0.25) is 0 Å². The summed E-state index contributed by atoms with van der Waals surface area (Å²) in [7, 11) is 1.78. The number of pyridine rings is 2. The number of nitrogens with zero attached hydrogens (tertiary/aromatic N) is 8. The van der Waals surface area contributed by atoms with Crippen LogP contribution < -0.4 is 9.80 Å². The molecular formula is C35H37ClN8O2. The summed E-state index contributed by atoms with van der Waals surface area (Å²) in [5.74, 6) is 1.96. The van der Waals surface area contributed by atoms with Crippen molar-refractivity contribution >= 4 is 45.0 Å². The molecule has 2 fully saturated rings. The number of anilines is 2. The van der Waals surface area contributed by atoms with E-state index in [2.05, 4.69) is 51.0 Å². The number of halogens is 1. The van der Waals surface area contributed by atoms with Gasteiger partial charge in [0.1, 0.15) is 0 Å². The van der Waals surface area contributed by atoms with E-state index in [4.69, 9.17) is 26.5 Å². The Morgan fingerprint density at radius 3 is 1.78 bits per heavy atom. The van der Waals surface area contributed by atoms with Gasteiger partial charge in [-0.25, -0.2) is 9.36 Å². The maximum Gasteiger partial charge on any atom is 0.159 e. The van der Waals surface area contributed by atoms with Crippen molar-refractivity contribution in [1.29, 1.82) is 0 Å². The van der Waals surface area contributed by atoms with Crippen molar-refractivity contribution < 1.29 is 9.84 Å². The molecular weight excluding hydrogens is 600 g/mol. The van der Waals surface area contributed by atoms with Crippen LogP contribution in [0.5, 0.6) is 0 Å². The summed E-state index contributed by atoms with van der Waals surface area (Å²) in [6.07, 6.45) is 10.0. The fraction of sp³-hybridized carbons (Fsp3) is 0.314. The minimum Gasteiger partial charge on any atom is -0.393 e. The van der Waals surface area contributed by atoms with E-state index in [1.165, 1.54) is 5.56 Å². The largest absolute Gasteiger partial charge is 0.393 e. The van der Waals surface area contributed by atoms with Crippen LogP contribution in [-0.4, -0.2) is 80.1 Å². The number of aromatic nitrogens is 6. The molecule has 1 atom stereocenters. The van der Waals surface area contributed by atoms with Crippen molar-refractivity contribution in [2.24, 2.45) is 0 Å². The monoisotopic (exact) mass is 636 g/mol. The third-order valence-electron chi connectivity index (χ3n) is 8.82. The Bertz CT molecular complexity index is 1810. The Hall–Kier alpha value is -4.51. The zero-order valence-electron chi connectivity index (χ0n) is 26.0. The van der Waals surface area contributed by atoms with Gasteiger partial charge >= 0.3 is 0 Å². The molecule has 2 saturated heterocycles. The van der Waals surface area contributed by atoms with Crippen LogP contribution in [-0.2, 0) is 4.74 Å². The predicted octanol–water partition coefficient (Wildman–Crippen LogP) is 5.99. The van der Waals surface area contributed by atoms with Crippen molar-refractivity contribution in [3.8, 4) is 11.4 Å². The molecule has 0 radical (unpaired) electrons. The summed E-state index contributed by atoms with van der Waals surface area (Å²) in [5, 5.41) is 22.3. The van der Waals surface area contributed by atoms with Crippen LogP contribution in [0.25, 0.3) is 33.2 Å². The summed E-state index contributed by atoms with van der Waals surface area (Å²) < 4.78 is 9.38. The third kappa shape index (κ3) is 6.03. The fourth-order valence-corrected chi connectivity index (χ4v) is 6.34. The van der Waals surface area contributed by atoms with Gasteiger partial charge in [-0.05, 0) is 74.7 Å². The Morgan fingerprint density at radius 2 is 1.24 bits per heavy atom. The second-order valence-corrected chi connectivity index (χ2v) is 12.3. The first-order valence-corrected chi connectivity index (χ1v) is 16.1. The van der Waals surface area contributed by atoms with Crippen LogP contribution in [0, 0.1) is 6.92 Å². The number of rotatable bonds is 5. The molecule has 8 rings (SSSR count). The van der Waals surface area contributed by atoms with E-state index < -0.39 is 0 Å². The molecule has 1 N–H and O–H groups in total. The standard InChI is InChI=1S/C18H20N4O.C17H17ClN4O/c1-13-3-5-14(6-4-13)22-17-11-19-9-7-16(17)18(20-22)21-10-8-15(12-21)23-2;18-12-1-3-13(4-2-12)22-16-11-19-8-5-15(16)17(20-22)21-9-6-14(23)7-10-21/h3-7,9,11,15H,8,10,12H2,1-2H3;1-5,8,11,14,23H,6-7,9-10H2. The SMILES string of the molecule is COC1CCN(c2nn(-c3ccc(C)cc3)c3cnccc23)C1.OC1CCN(c2nn(-c3ccc(Cl)cc3)c3cnccc23)CC1. The van der Waals surface area contributed by atoms with Gasteiger partial charge < -0.3 is 19.6 Å². The van der Waals surface area contributed by atoms with Crippen molar-refractivity contribution in [3.05, 3.63) is 96.0 Å². The fourth-order valence-electron chi connectivity index (χ4n) is 6.21. The number of methoxy groups -OCH3 is 1. The number of benzene rings is 2. The van der Waals surface area contributed by atoms with E-state index in [1.54, 1.807) is 13.3 Å². The summed E-state index contributed by atoms with van der Waals surface area (Å²) >= 11 is 5.98. The predicted molar refractivity (Wildman–Crippen MR) is 183 cm³/mol. The molecule has 2 aliphatic heterocycles. The van der Waals surface area contributed by atoms with Gasteiger partial charge in [0.15, 0.2) is 11.6 Å². The Balaban J connectivity index is 0.000000147. The highest BCUT2D eigenvalue weighted by Crippen LogP contribution is 2.32. The first-order chi connectivity index (χ1) is 22.5. The Labute approximate surface area is 272 Å². The second kappa shape index (κ2) is 13.1. The van der Waals surface area contributed by atoms with Crippen molar-refractivity contribution in [1.82, 2.24) is 29.5 Å². The van der Waals surface area contributed by atoms with Crippen LogP contribution in [0.4, 0.5) is 11.6 Å². The van der Waals surface area contributed by atoms with E-state index in [-0.39, 0.29) is 12.2 Å². The molecule has 10 nitrogen and oxygen atoms in total. The molecule has 46 heavy (non-hydrogen) atoms. The molecule has 0 saturated carbocycles. The van der Waals surface area contributed by atoms with Gasteiger partial charge in [0.05, 0.1) is 47.0 Å². The first-order valence-electron chi connectivity index (χ1n) is 15.7. The van der Waals surface area contributed by atoms with Crippen LogP contribution in [0.3, 0.4) is 0 Å². The molecule has 6 aromatic rings. The maximum atomic E-state index is 9.72. The van der Waals surface area contributed by atoms with E-state index in [9.17, 15) is 5.11 Å². The van der Waals surface area contributed by atoms with E-state index in [1.807, 2.05) is 64.4 Å². The number of aliphatic hydroxyl groups is 1. The highest BCUT2D eigenvalue weighted by atomic mass is 35.5. The first kappa shape index (κ1) is 30.2. The number of aliphatic hydroxyl groups excluding tert-OH is 1. The number of fused-ring (bicyclic) bond motifs is 2. The zero-order chi connectivity index (χ0) is 31.6. The van der Waals surface area contributed by atoms with Gasteiger partial charge in [-0.2, -0.15) is 0 Å². The van der Waals surface area contributed by atoms with E-state index >= 15 is 0 Å². The van der Waals surface area contributed by atoms with Gasteiger partial charge in [-0.15, -0.1) is 10.2 Å². The quantitative estimate of drug-likeness (QED) is 0.247. The zero-order valence-corrected chi connectivity index (χ0v) is 26.8. The molecule has 0 bridgehead atoms. The van der Waals surface area contributed by atoms with E-state index in [0.717, 1.165) is 90.3 Å². The Morgan fingerprint density at radius 1 is 0.717 bits per heavy atom. The normalized spacial score (nSPS) is 17.1. The molecule has 6 heterocycles. The van der Waals surface area contributed by atoms with Gasteiger partial charge in [-0.1, -0.05) is 29.3 Å². The lowest BCUT2D eigenvalue weighted by molar-refractivity contribution is 0.121. The van der Waals surface area contributed by atoms with Gasteiger partial charge in [-0.3, -0.25) is 9.97 Å². The average molecular weight is 637 g/mol. The van der Waals surface area contributed by atoms with Crippen molar-refractivity contribution in [2.45, 2.75) is 38.4 Å². The molecule has 11 heteroatoms. The number of hydrogen-bond acceptors (Lipinski definition) is 8. The summed E-state index contributed by atoms with van der Waals surface area (Å²) in [6.45, 7) is 5.58. The lowest BCUT2D eigenvalue weighted by Crippen LogP contribution is -2.36. The molecule has 4 aromatic heterocycles. The van der Waals surface area contributed by atoms with Crippen LogP contribution >= 0.6 is 11.6 Å². The molecule has 0 spiro atoms.